The van der Waals surface area contributed by atoms with Crippen LogP contribution in [-0.4, -0.2) is 119 Å². The number of nitrogens with two attached hydrogens (primary N) is 1. The van der Waals surface area contributed by atoms with Gasteiger partial charge in [0.1, 0.15) is 42.3 Å². The van der Waals surface area contributed by atoms with Crippen molar-refractivity contribution in [2.45, 2.75) is 150 Å². The summed E-state index contributed by atoms with van der Waals surface area (Å²) in [5.74, 6) is -6.10. The van der Waals surface area contributed by atoms with Crippen LogP contribution in [-0.2, 0) is 38.4 Å². The summed E-state index contributed by atoms with van der Waals surface area (Å²) in [6.45, 7) is 19.4. The number of aliphatic carboxylic acids is 1. The third kappa shape index (κ3) is 20.4. The van der Waals surface area contributed by atoms with Gasteiger partial charge in [-0.15, -0.1) is 0 Å². The van der Waals surface area contributed by atoms with Gasteiger partial charge in [0.25, 0.3) is 0 Å². The van der Waals surface area contributed by atoms with Gasteiger partial charge in [-0.2, -0.15) is 24.4 Å². The average molecular weight is 861 g/mol. The van der Waals surface area contributed by atoms with Crippen LogP contribution in [0, 0.1) is 29.6 Å². The van der Waals surface area contributed by atoms with E-state index >= 15 is 0 Å². The molecule has 0 saturated carbocycles. The molecule has 8 atom stereocenters. The Morgan fingerprint density at radius 3 is 1.34 bits per heavy atom. The molecule has 10 N–H and O–H groups in total. The SMILES string of the molecule is CSCC[C@H](NC(=O)[C@H](CC(C)C)NC(=O)[C@@H](NC(=O)[C@H](CS)NC(=O)[C@@H](N)CC(C)C)C(C)C)C(=O)N[C@@H](C)C(=O)N[C@H](C(=O)N[C@@H](CC(C)C)C(=O)O)C(C)C. The lowest BCUT2D eigenvalue weighted by atomic mass is 9.99. The number of nitrogens with one attached hydrogen (secondary N) is 7. The van der Waals surface area contributed by atoms with E-state index in [9.17, 15) is 43.5 Å². The van der Waals surface area contributed by atoms with Gasteiger partial charge in [-0.05, 0) is 74.2 Å². The summed E-state index contributed by atoms with van der Waals surface area (Å²) >= 11 is 5.65. The molecule has 0 spiro atoms. The highest BCUT2D eigenvalue weighted by molar-refractivity contribution is 7.98. The lowest BCUT2D eigenvalue weighted by Gasteiger charge is -2.29. The maximum absolute atomic E-state index is 13.8. The molecule has 334 valence electrons. The summed E-state index contributed by atoms with van der Waals surface area (Å²) in [5.41, 5.74) is 5.98. The van der Waals surface area contributed by atoms with E-state index in [1.54, 1.807) is 27.7 Å². The molecule has 0 bridgehead atoms. The van der Waals surface area contributed by atoms with E-state index in [1.807, 2.05) is 47.8 Å². The molecular weight excluding hydrogens is 789 g/mol. The molecule has 0 unspecified atom stereocenters. The Hall–Kier alpha value is -3.58. The zero-order valence-corrected chi connectivity index (χ0v) is 38.1. The number of hydrogen-bond donors (Lipinski definition) is 10. The Morgan fingerprint density at radius 1 is 0.517 bits per heavy atom. The van der Waals surface area contributed by atoms with Gasteiger partial charge >= 0.3 is 5.97 Å². The molecule has 0 saturated heterocycles. The first kappa shape index (κ1) is 54.4. The molecule has 0 rings (SSSR count). The summed E-state index contributed by atoms with van der Waals surface area (Å²) < 4.78 is 0. The van der Waals surface area contributed by atoms with Crippen LogP contribution in [0.3, 0.4) is 0 Å². The maximum atomic E-state index is 13.8. The molecule has 0 aliphatic heterocycles. The standard InChI is InChI=1S/C39H72N8O9S2/c1-19(2)15-25(40)33(49)45-29(18-57)36(52)47-31(23(9)10)37(53)43-27(16-20(3)4)35(51)42-26(13-14-58-12)34(50)41-24(11)32(48)46-30(22(7)8)38(54)44-28(39(55)56)17-21(5)6/h19-31,57H,13-18,40H2,1-12H3,(H,41,50)(H,42,51)(H,43,53)(H,44,54)(H,45,49)(H,46,48)(H,47,52)(H,55,56)/t24-,25-,26-,27-,28-,29-,30-,31-/m0/s1. The number of carbonyl (C=O) groups excluding carboxylic acids is 7. The molecule has 0 fully saturated rings. The summed E-state index contributed by atoms with van der Waals surface area (Å²) in [5, 5.41) is 28.0. The molecule has 0 heterocycles. The van der Waals surface area contributed by atoms with Crippen molar-refractivity contribution in [3.05, 3.63) is 0 Å². The summed E-state index contributed by atoms with van der Waals surface area (Å²) in [6.07, 6.45) is 2.80. The van der Waals surface area contributed by atoms with Crippen LogP contribution < -0.4 is 43.0 Å². The zero-order chi connectivity index (χ0) is 45.0. The predicted octanol–water partition coefficient (Wildman–Crippen LogP) is 0.945. The van der Waals surface area contributed by atoms with Crippen molar-refractivity contribution in [1.29, 1.82) is 0 Å². The number of thioether (sulfide) groups is 1. The Bertz CT molecular complexity index is 1380. The van der Waals surface area contributed by atoms with Crippen molar-refractivity contribution in [2.24, 2.45) is 35.3 Å². The van der Waals surface area contributed by atoms with Crippen LogP contribution in [0.2, 0.25) is 0 Å². The maximum Gasteiger partial charge on any atom is 0.326 e. The third-order valence-electron chi connectivity index (χ3n) is 9.03. The van der Waals surface area contributed by atoms with E-state index in [-0.39, 0.29) is 42.8 Å². The normalized spacial score (nSPS) is 15.7. The van der Waals surface area contributed by atoms with Gasteiger partial charge < -0.3 is 48.1 Å². The second-order valence-electron chi connectivity index (χ2n) is 16.7. The van der Waals surface area contributed by atoms with Gasteiger partial charge in [0.15, 0.2) is 0 Å². The van der Waals surface area contributed by atoms with E-state index in [1.165, 1.54) is 18.7 Å². The van der Waals surface area contributed by atoms with Gasteiger partial charge in [0.2, 0.25) is 41.4 Å². The summed E-state index contributed by atoms with van der Waals surface area (Å²) in [4.78, 5) is 105. The van der Waals surface area contributed by atoms with Crippen LogP contribution in [0.1, 0.15) is 102 Å². The Labute approximate surface area is 354 Å². The van der Waals surface area contributed by atoms with Crippen molar-refractivity contribution in [2.75, 3.05) is 17.8 Å². The van der Waals surface area contributed by atoms with Crippen LogP contribution in [0.15, 0.2) is 0 Å². The Balaban J connectivity index is 5.99. The minimum absolute atomic E-state index is 0.0116. The smallest absolute Gasteiger partial charge is 0.326 e. The summed E-state index contributed by atoms with van der Waals surface area (Å²) in [6, 6.07) is -8.63. The van der Waals surface area contributed by atoms with E-state index < -0.39 is 107 Å². The van der Waals surface area contributed by atoms with Crippen molar-refractivity contribution < 1.29 is 43.5 Å². The fraction of sp³-hybridized carbons (Fsp3) is 0.795. The number of carboxylic acids is 1. The van der Waals surface area contributed by atoms with E-state index in [2.05, 4.69) is 49.8 Å². The second kappa shape index (κ2) is 27.2. The van der Waals surface area contributed by atoms with Crippen molar-refractivity contribution >= 4 is 71.7 Å². The monoisotopic (exact) mass is 860 g/mol. The highest BCUT2D eigenvalue weighted by Gasteiger charge is 2.35. The third-order valence-corrected chi connectivity index (χ3v) is 10.0. The number of thiol groups is 1. The quantitative estimate of drug-likeness (QED) is 0.0520. The molecule has 17 nitrogen and oxygen atoms in total. The second-order valence-corrected chi connectivity index (χ2v) is 18.1. The number of rotatable bonds is 27. The van der Waals surface area contributed by atoms with Gasteiger partial charge in [-0.25, -0.2) is 4.79 Å². The zero-order valence-electron chi connectivity index (χ0n) is 36.4. The van der Waals surface area contributed by atoms with Crippen LogP contribution in [0.5, 0.6) is 0 Å². The highest BCUT2D eigenvalue weighted by atomic mass is 32.2. The number of amides is 7. The van der Waals surface area contributed by atoms with Crippen LogP contribution >= 0.6 is 24.4 Å². The molecule has 0 aromatic carbocycles. The molecule has 19 heteroatoms. The largest absolute Gasteiger partial charge is 0.480 e. The summed E-state index contributed by atoms with van der Waals surface area (Å²) in [7, 11) is 0. The van der Waals surface area contributed by atoms with Gasteiger partial charge in [0, 0.05) is 5.75 Å². The van der Waals surface area contributed by atoms with E-state index in [0.717, 1.165) is 0 Å². The molecule has 58 heavy (non-hydrogen) atoms. The van der Waals surface area contributed by atoms with Crippen molar-refractivity contribution in [3.8, 4) is 0 Å². The first-order chi connectivity index (χ1) is 26.9. The lowest BCUT2D eigenvalue weighted by Crippen LogP contribution is -2.61. The number of carboxylic acid groups (broad SMARTS) is 1. The molecule has 0 aliphatic carbocycles. The highest BCUT2D eigenvalue weighted by Crippen LogP contribution is 2.12. The minimum Gasteiger partial charge on any atom is -0.480 e. The molecular formula is C39H72N8O9S2. The van der Waals surface area contributed by atoms with Crippen molar-refractivity contribution in [3.63, 3.8) is 0 Å². The molecule has 7 amide bonds. The number of hydrogen-bond acceptors (Lipinski definition) is 11. The molecule has 0 aromatic heterocycles. The first-order valence-corrected chi connectivity index (χ1v) is 22.1. The molecule has 0 aliphatic rings. The van der Waals surface area contributed by atoms with E-state index in [4.69, 9.17) is 5.73 Å². The van der Waals surface area contributed by atoms with Gasteiger partial charge in [-0.3, -0.25) is 33.6 Å². The fourth-order valence-corrected chi connectivity index (χ4v) is 6.49. The van der Waals surface area contributed by atoms with Crippen molar-refractivity contribution in [1.82, 2.24) is 37.2 Å². The van der Waals surface area contributed by atoms with Gasteiger partial charge in [-0.1, -0.05) is 69.2 Å². The average Bonchev–Trinajstić information content (AvgIpc) is 3.10. The Morgan fingerprint density at radius 2 is 0.914 bits per heavy atom. The number of carbonyl (C=O) groups is 8. The van der Waals surface area contributed by atoms with E-state index in [0.29, 0.717) is 12.2 Å². The first-order valence-electron chi connectivity index (χ1n) is 20.1. The van der Waals surface area contributed by atoms with Crippen LogP contribution in [0.4, 0.5) is 0 Å². The predicted molar refractivity (Wildman–Crippen MR) is 230 cm³/mol. The Kier molecular flexibility index (Phi) is 25.6. The fourth-order valence-electron chi connectivity index (χ4n) is 5.76. The minimum atomic E-state index is -1.19. The lowest BCUT2D eigenvalue weighted by molar-refractivity contribution is -0.143. The van der Waals surface area contributed by atoms with Crippen LogP contribution in [0.25, 0.3) is 0 Å². The van der Waals surface area contributed by atoms with Gasteiger partial charge in [0.05, 0.1) is 6.04 Å². The topological polar surface area (TPSA) is 267 Å². The molecule has 0 aromatic rings. The molecule has 0 radical (unpaired) electrons.